The van der Waals surface area contributed by atoms with Crippen LogP contribution in [0.1, 0.15) is 31.2 Å². The van der Waals surface area contributed by atoms with E-state index in [1.165, 1.54) is 0 Å². The number of unbranched alkanes of at least 4 members (excludes halogenated alkanes) is 1. The maximum absolute atomic E-state index is 12.2. The first-order chi connectivity index (χ1) is 13.5. The van der Waals surface area contributed by atoms with Crippen molar-refractivity contribution in [1.29, 1.82) is 0 Å². The Morgan fingerprint density at radius 3 is 2.59 bits per heavy atom. The molecule has 0 unspecified atom stereocenters. The zero-order valence-corrected chi connectivity index (χ0v) is 19.5. The number of ether oxygens (including phenoxy) is 1. The van der Waals surface area contributed by atoms with Gasteiger partial charge in [-0.15, -0.1) is 24.0 Å². The highest BCUT2D eigenvalue weighted by Gasteiger charge is 2.08. The van der Waals surface area contributed by atoms with Crippen molar-refractivity contribution in [3.63, 3.8) is 0 Å². The van der Waals surface area contributed by atoms with Gasteiger partial charge < -0.3 is 19.5 Å². The highest BCUT2D eigenvalue weighted by molar-refractivity contribution is 14.0. The van der Waals surface area contributed by atoms with Gasteiger partial charge in [0.1, 0.15) is 11.6 Å². The van der Waals surface area contributed by atoms with Crippen molar-refractivity contribution < 1.29 is 13.5 Å². The Kier molecular flexibility index (Phi) is 11.6. The number of alkyl halides is 2. The molecule has 1 heterocycles. The van der Waals surface area contributed by atoms with Crippen LogP contribution in [0, 0.1) is 6.92 Å². The summed E-state index contributed by atoms with van der Waals surface area (Å²) >= 11 is 0. The molecule has 1 N–H and O–H groups in total. The predicted molar refractivity (Wildman–Crippen MR) is 122 cm³/mol. The van der Waals surface area contributed by atoms with Crippen LogP contribution in [0.15, 0.2) is 41.7 Å². The number of aryl methyl sites for hydroxylation is 2. The number of imidazole rings is 1. The lowest BCUT2D eigenvalue weighted by Crippen LogP contribution is -2.38. The van der Waals surface area contributed by atoms with Crippen LogP contribution < -0.4 is 10.1 Å². The second kappa shape index (κ2) is 13.3. The van der Waals surface area contributed by atoms with Crippen LogP contribution in [-0.2, 0) is 13.1 Å². The molecule has 0 bridgehead atoms. The molecule has 0 saturated carbocycles. The summed E-state index contributed by atoms with van der Waals surface area (Å²) in [5.41, 5.74) is 0.991. The molecule has 0 aliphatic carbocycles. The van der Waals surface area contributed by atoms with Gasteiger partial charge in [0, 0.05) is 45.6 Å². The van der Waals surface area contributed by atoms with Crippen molar-refractivity contribution in [2.45, 2.75) is 46.4 Å². The summed E-state index contributed by atoms with van der Waals surface area (Å²) in [6, 6.07) is 6.67. The Hall–Kier alpha value is -1.91. The smallest absolute Gasteiger partial charge is 0.387 e. The SMILES string of the molecule is CCNC(=NCCCCn1ccnc1C)N(C)Cc1ccc(OC(F)F)cc1.I. The Labute approximate surface area is 188 Å². The highest BCUT2D eigenvalue weighted by Crippen LogP contribution is 2.15. The minimum Gasteiger partial charge on any atom is -0.435 e. The molecule has 29 heavy (non-hydrogen) atoms. The van der Waals surface area contributed by atoms with Crippen LogP contribution in [0.25, 0.3) is 0 Å². The molecule has 0 aliphatic heterocycles. The second-order valence-corrected chi connectivity index (χ2v) is 6.49. The molecule has 0 saturated heterocycles. The number of hydrogen-bond acceptors (Lipinski definition) is 3. The zero-order chi connectivity index (χ0) is 20.4. The summed E-state index contributed by atoms with van der Waals surface area (Å²) in [6.07, 6.45) is 5.83. The molecular weight excluding hydrogens is 491 g/mol. The second-order valence-electron chi connectivity index (χ2n) is 6.49. The molecule has 6 nitrogen and oxygen atoms in total. The normalized spacial score (nSPS) is 11.3. The van der Waals surface area contributed by atoms with Crippen LogP contribution >= 0.6 is 24.0 Å². The van der Waals surface area contributed by atoms with Crippen molar-refractivity contribution in [2.75, 3.05) is 20.1 Å². The number of hydrogen-bond donors (Lipinski definition) is 1. The van der Waals surface area contributed by atoms with E-state index in [2.05, 4.69) is 19.6 Å². The molecule has 2 rings (SSSR count). The van der Waals surface area contributed by atoms with Crippen molar-refractivity contribution >= 4 is 29.9 Å². The van der Waals surface area contributed by atoms with Crippen LogP contribution in [0.2, 0.25) is 0 Å². The number of rotatable bonds is 10. The zero-order valence-electron chi connectivity index (χ0n) is 17.1. The van der Waals surface area contributed by atoms with E-state index in [0.717, 1.165) is 49.8 Å². The van der Waals surface area contributed by atoms with Crippen molar-refractivity contribution in [1.82, 2.24) is 19.8 Å². The number of benzene rings is 1. The van der Waals surface area contributed by atoms with E-state index >= 15 is 0 Å². The molecular formula is C20H30F2IN5O. The van der Waals surface area contributed by atoms with Gasteiger partial charge in [0.25, 0.3) is 0 Å². The quantitative estimate of drug-likeness (QED) is 0.220. The van der Waals surface area contributed by atoms with E-state index in [-0.39, 0.29) is 29.7 Å². The molecule has 0 atom stereocenters. The molecule has 1 aromatic heterocycles. The van der Waals surface area contributed by atoms with Gasteiger partial charge in [0.2, 0.25) is 0 Å². The average molecular weight is 521 g/mol. The lowest BCUT2D eigenvalue weighted by molar-refractivity contribution is -0.0498. The molecule has 0 aliphatic rings. The van der Waals surface area contributed by atoms with Crippen molar-refractivity contribution in [2.24, 2.45) is 4.99 Å². The van der Waals surface area contributed by atoms with Gasteiger partial charge in [-0.3, -0.25) is 4.99 Å². The van der Waals surface area contributed by atoms with Gasteiger partial charge in [-0.05, 0) is 44.4 Å². The Bertz CT molecular complexity index is 737. The fourth-order valence-electron chi connectivity index (χ4n) is 2.81. The molecule has 2 aromatic rings. The third-order valence-corrected chi connectivity index (χ3v) is 4.26. The molecule has 162 valence electrons. The third kappa shape index (κ3) is 8.97. The summed E-state index contributed by atoms with van der Waals surface area (Å²) in [5.74, 6) is 2.02. The van der Waals surface area contributed by atoms with Gasteiger partial charge in [-0.1, -0.05) is 12.1 Å². The fraction of sp³-hybridized carbons (Fsp3) is 0.500. The Balaban J connectivity index is 0.00000420. The van der Waals surface area contributed by atoms with Crippen LogP contribution in [-0.4, -0.2) is 47.2 Å². The lowest BCUT2D eigenvalue weighted by Gasteiger charge is -2.22. The lowest BCUT2D eigenvalue weighted by atomic mass is 10.2. The van der Waals surface area contributed by atoms with Gasteiger partial charge >= 0.3 is 6.61 Å². The van der Waals surface area contributed by atoms with Gasteiger partial charge in [-0.25, -0.2) is 4.98 Å². The Morgan fingerprint density at radius 2 is 2.00 bits per heavy atom. The first-order valence-electron chi connectivity index (χ1n) is 9.50. The van der Waals surface area contributed by atoms with Crippen molar-refractivity contribution in [3.05, 3.63) is 48.0 Å². The number of nitrogens with zero attached hydrogens (tertiary/aromatic N) is 4. The van der Waals surface area contributed by atoms with E-state index in [9.17, 15) is 8.78 Å². The summed E-state index contributed by atoms with van der Waals surface area (Å²) in [7, 11) is 1.96. The van der Waals surface area contributed by atoms with Crippen LogP contribution in [0.4, 0.5) is 8.78 Å². The highest BCUT2D eigenvalue weighted by atomic mass is 127. The maximum atomic E-state index is 12.2. The van der Waals surface area contributed by atoms with E-state index < -0.39 is 6.61 Å². The minimum atomic E-state index is -2.81. The van der Waals surface area contributed by atoms with Gasteiger partial charge in [0.05, 0.1) is 0 Å². The molecule has 1 aromatic carbocycles. The predicted octanol–water partition coefficient (Wildman–Crippen LogP) is 4.29. The third-order valence-electron chi connectivity index (χ3n) is 4.26. The van der Waals surface area contributed by atoms with E-state index in [4.69, 9.17) is 4.99 Å². The summed E-state index contributed by atoms with van der Waals surface area (Å²) in [6.45, 7) is 4.30. The summed E-state index contributed by atoms with van der Waals surface area (Å²) in [5, 5.41) is 3.29. The van der Waals surface area contributed by atoms with Crippen molar-refractivity contribution in [3.8, 4) is 5.75 Å². The first kappa shape index (κ1) is 25.1. The van der Waals surface area contributed by atoms with Crippen LogP contribution in [0.3, 0.4) is 0 Å². The van der Waals surface area contributed by atoms with Crippen LogP contribution in [0.5, 0.6) is 5.75 Å². The maximum Gasteiger partial charge on any atom is 0.387 e. The van der Waals surface area contributed by atoms with Gasteiger partial charge in [-0.2, -0.15) is 8.78 Å². The Morgan fingerprint density at radius 1 is 1.28 bits per heavy atom. The van der Waals surface area contributed by atoms with E-state index in [1.54, 1.807) is 24.3 Å². The summed E-state index contributed by atoms with van der Waals surface area (Å²) in [4.78, 5) is 10.9. The van der Waals surface area contributed by atoms with Gasteiger partial charge in [0.15, 0.2) is 5.96 Å². The number of nitrogens with one attached hydrogen (secondary N) is 1. The average Bonchev–Trinajstić information content (AvgIpc) is 3.06. The van der Waals surface area contributed by atoms with E-state index in [0.29, 0.717) is 6.54 Å². The standard InChI is InChI=1S/C20H29F2N5O.HI/c1-4-23-20(25-11-5-6-13-27-14-12-24-16(27)2)26(3)15-17-7-9-18(10-8-17)28-19(21)22;/h7-10,12,14,19H,4-6,11,13,15H2,1-3H3,(H,23,25);1H. The monoisotopic (exact) mass is 521 g/mol. The number of guanidine groups is 1. The minimum absolute atomic E-state index is 0. The largest absolute Gasteiger partial charge is 0.435 e. The molecule has 0 radical (unpaired) electrons. The number of aliphatic imine (C=N–C) groups is 1. The summed E-state index contributed by atoms with van der Waals surface area (Å²) < 4.78 is 31.0. The molecule has 0 fully saturated rings. The topological polar surface area (TPSA) is 54.7 Å². The first-order valence-corrected chi connectivity index (χ1v) is 9.50. The molecule has 9 heteroatoms. The van der Waals surface area contributed by atoms with E-state index in [1.807, 2.05) is 38.2 Å². The fourth-order valence-corrected chi connectivity index (χ4v) is 2.81. The molecule has 0 spiro atoms. The number of aromatic nitrogens is 2. The number of halogens is 3. The molecule has 0 amide bonds.